The standard InChI is InChI=1S/C14H24N2O3/c1-11(17)15-8-4-12(5-9-15)16-7-3-6-14(2,10-16)13(18)19/h12H,3-10H2,1-2H3,(H,18,19). The van der Waals surface area contributed by atoms with Gasteiger partial charge in [0.2, 0.25) is 5.91 Å². The molecular formula is C14H24N2O3. The van der Waals surface area contributed by atoms with Gasteiger partial charge in [0, 0.05) is 32.6 Å². The summed E-state index contributed by atoms with van der Waals surface area (Å²) in [4.78, 5) is 26.9. The van der Waals surface area contributed by atoms with Crippen LogP contribution < -0.4 is 0 Å². The second kappa shape index (κ2) is 5.49. The number of amides is 1. The predicted molar refractivity (Wildman–Crippen MR) is 71.8 cm³/mol. The highest BCUT2D eigenvalue weighted by atomic mass is 16.4. The fourth-order valence-corrected chi connectivity index (χ4v) is 3.31. The molecule has 2 rings (SSSR count). The number of aliphatic carboxylic acids is 1. The van der Waals surface area contributed by atoms with Crippen molar-refractivity contribution in [1.82, 2.24) is 9.80 Å². The van der Waals surface area contributed by atoms with E-state index in [9.17, 15) is 14.7 Å². The molecule has 1 N–H and O–H groups in total. The lowest BCUT2D eigenvalue weighted by molar-refractivity contribution is -0.152. The average Bonchev–Trinajstić information content (AvgIpc) is 2.39. The minimum absolute atomic E-state index is 0.146. The Bertz CT molecular complexity index is 364. The molecule has 5 heteroatoms. The highest BCUT2D eigenvalue weighted by Crippen LogP contribution is 2.32. The van der Waals surface area contributed by atoms with Crippen LogP contribution in [0, 0.1) is 5.41 Å². The second-order valence-electron chi connectivity index (χ2n) is 6.18. The largest absolute Gasteiger partial charge is 0.481 e. The fourth-order valence-electron chi connectivity index (χ4n) is 3.31. The summed E-state index contributed by atoms with van der Waals surface area (Å²) >= 11 is 0. The highest BCUT2D eigenvalue weighted by Gasteiger charge is 2.40. The van der Waals surface area contributed by atoms with Crippen LogP contribution in [-0.4, -0.2) is 59.0 Å². The van der Waals surface area contributed by atoms with E-state index in [1.165, 1.54) is 0 Å². The van der Waals surface area contributed by atoms with Crippen LogP contribution in [0.15, 0.2) is 0 Å². The van der Waals surface area contributed by atoms with Crippen molar-refractivity contribution in [3.63, 3.8) is 0 Å². The number of hydrogen-bond acceptors (Lipinski definition) is 3. The maximum absolute atomic E-state index is 11.4. The molecule has 2 heterocycles. The Balaban J connectivity index is 1.93. The van der Waals surface area contributed by atoms with Crippen LogP contribution in [0.4, 0.5) is 0 Å². The summed E-state index contributed by atoms with van der Waals surface area (Å²) in [5.41, 5.74) is -0.601. The Morgan fingerprint density at radius 2 is 1.84 bits per heavy atom. The number of likely N-dealkylation sites (tertiary alicyclic amines) is 2. The lowest BCUT2D eigenvalue weighted by atomic mass is 9.81. The molecule has 2 fully saturated rings. The summed E-state index contributed by atoms with van der Waals surface area (Å²) in [6.07, 6.45) is 3.66. The highest BCUT2D eigenvalue weighted by molar-refractivity contribution is 5.74. The molecule has 0 bridgehead atoms. The topological polar surface area (TPSA) is 60.9 Å². The minimum atomic E-state index is -0.682. The maximum atomic E-state index is 11.4. The van der Waals surface area contributed by atoms with Gasteiger partial charge in [-0.3, -0.25) is 14.5 Å². The van der Waals surface area contributed by atoms with Crippen molar-refractivity contribution in [1.29, 1.82) is 0 Å². The Kier molecular flexibility index (Phi) is 4.13. The number of rotatable bonds is 2. The quantitative estimate of drug-likeness (QED) is 0.817. The summed E-state index contributed by atoms with van der Waals surface area (Å²) in [6, 6.07) is 0.439. The first-order chi connectivity index (χ1) is 8.92. The van der Waals surface area contributed by atoms with E-state index >= 15 is 0 Å². The number of hydrogen-bond donors (Lipinski definition) is 1. The van der Waals surface area contributed by atoms with E-state index in [-0.39, 0.29) is 5.91 Å². The van der Waals surface area contributed by atoms with E-state index in [4.69, 9.17) is 0 Å². The molecule has 2 saturated heterocycles. The van der Waals surface area contributed by atoms with Gasteiger partial charge in [0.25, 0.3) is 0 Å². The zero-order valence-corrected chi connectivity index (χ0v) is 11.9. The van der Waals surface area contributed by atoms with Crippen LogP contribution in [0.25, 0.3) is 0 Å². The smallest absolute Gasteiger partial charge is 0.310 e. The van der Waals surface area contributed by atoms with E-state index < -0.39 is 11.4 Å². The molecule has 0 aromatic heterocycles. The van der Waals surface area contributed by atoms with E-state index in [1.807, 2.05) is 11.8 Å². The van der Waals surface area contributed by atoms with Crippen molar-refractivity contribution in [2.75, 3.05) is 26.2 Å². The fraction of sp³-hybridized carbons (Fsp3) is 0.857. The van der Waals surface area contributed by atoms with Gasteiger partial charge in [0.15, 0.2) is 0 Å². The van der Waals surface area contributed by atoms with Gasteiger partial charge < -0.3 is 10.0 Å². The van der Waals surface area contributed by atoms with Crippen LogP contribution in [0.1, 0.15) is 39.5 Å². The van der Waals surface area contributed by atoms with Crippen LogP contribution in [0.2, 0.25) is 0 Å². The van der Waals surface area contributed by atoms with E-state index in [2.05, 4.69) is 4.90 Å². The number of nitrogens with zero attached hydrogens (tertiary/aromatic N) is 2. The number of carboxylic acid groups (broad SMARTS) is 1. The van der Waals surface area contributed by atoms with Crippen LogP contribution in [0.3, 0.4) is 0 Å². The first-order valence-corrected chi connectivity index (χ1v) is 7.15. The third-order valence-corrected chi connectivity index (χ3v) is 4.67. The van der Waals surface area contributed by atoms with E-state index in [0.29, 0.717) is 12.6 Å². The molecule has 19 heavy (non-hydrogen) atoms. The third kappa shape index (κ3) is 3.08. The summed E-state index contributed by atoms with van der Waals surface area (Å²) in [5, 5.41) is 9.35. The lowest BCUT2D eigenvalue weighted by Crippen LogP contribution is -2.53. The molecule has 1 amide bonds. The van der Waals surface area contributed by atoms with Gasteiger partial charge in [-0.25, -0.2) is 0 Å². The van der Waals surface area contributed by atoms with Gasteiger partial charge in [-0.15, -0.1) is 0 Å². The molecule has 0 aromatic rings. The number of carboxylic acids is 1. The monoisotopic (exact) mass is 268 g/mol. The van der Waals surface area contributed by atoms with Gasteiger partial charge in [0.1, 0.15) is 0 Å². The molecule has 0 saturated carbocycles. The number of piperidine rings is 2. The number of carbonyl (C=O) groups is 2. The first-order valence-electron chi connectivity index (χ1n) is 7.15. The van der Waals surface area contributed by atoms with Crippen molar-refractivity contribution in [3.05, 3.63) is 0 Å². The molecule has 0 radical (unpaired) electrons. The molecule has 0 spiro atoms. The molecular weight excluding hydrogens is 244 g/mol. The molecule has 0 aromatic carbocycles. The summed E-state index contributed by atoms with van der Waals surface area (Å²) in [7, 11) is 0. The normalized spacial score (nSPS) is 30.3. The lowest BCUT2D eigenvalue weighted by Gasteiger charge is -2.44. The molecule has 5 nitrogen and oxygen atoms in total. The molecule has 108 valence electrons. The predicted octanol–water partition coefficient (Wildman–Crippen LogP) is 1.18. The van der Waals surface area contributed by atoms with Crippen LogP contribution in [-0.2, 0) is 9.59 Å². The molecule has 2 aliphatic rings. The Morgan fingerprint density at radius 3 is 2.37 bits per heavy atom. The summed E-state index contributed by atoms with van der Waals surface area (Å²) < 4.78 is 0. The molecule has 1 unspecified atom stereocenters. The Morgan fingerprint density at radius 1 is 1.21 bits per heavy atom. The van der Waals surface area contributed by atoms with E-state index in [0.717, 1.165) is 45.3 Å². The molecule has 0 aliphatic carbocycles. The van der Waals surface area contributed by atoms with Crippen molar-refractivity contribution in [2.24, 2.45) is 5.41 Å². The molecule has 1 atom stereocenters. The number of carbonyl (C=O) groups excluding carboxylic acids is 1. The zero-order chi connectivity index (χ0) is 14.0. The van der Waals surface area contributed by atoms with Gasteiger partial charge in [-0.05, 0) is 39.2 Å². The maximum Gasteiger partial charge on any atom is 0.310 e. The van der Waals surface area contributed by atoms with Crippen molar-refractivity contribution >= 4 is 11.9 Å². The first kappa shape index (κ1) is 14.3. The third-order valence-electron chi connectivity index (χ3n) is 4.67. The SMILES string of the molecule is CC(=O)N1CCC(N2CCCC(C)(C(=O)O)C2)CC1. The van der Waals surface area contributed by atoms with Gasteiger partial charge in [0.05, 0.1) is 5.41 Å². The minimum Gasteiger partial charge on any atom is -0.481 e. The Labute approximate surface area is 114 Å². The Hall–Kier alpha value is -1.10. The van der Waals surface area contributed by atoms with Crippen molar-refractivity contribution in [3.8, 4) is 0 Å². The van der Waals surface area contributed by atoms with Gasteiger partial charge in [-0.2, -0.15) is 0 Å². The van der Waals surface area contributed by atoms with Crippen molar-refractivity contribution < 1.29 is 14.7 Å². The second-order valence-corrected chi connectivity index (χ2v) is 6.18. The van der Waals surface area contributed by atoms with Crippen LogP contribution in [0.5, 0.6) is 0 Å². The molecule has 2 aliphatic heterocycles. The van der Waals surface area contributed by atoms with Crippen molar-refractivity contribution in [2.45, 2.75) is 45.6 Å². The zero-order valence-electron chi connectivity index (χ0n) is 11.9. The van der Waals surface area contributed by atoms with Gasteiger partial charge >= 0.3 is 5.97 Å². The van der Waals surface area contributed by atoms with E-state index in [1.54, 1.807) is 6.92 Å². The summed E-state index contributed by atoms with van der Waals surface area (Å²) in [6.45, 7) is 6.72. The average molecular weight is 268 g/mol. The summed E-state index contributed by atoms with van der Waals surface area (Å²) in [5.74, 6) is -0.536. The van der Waals surface area contributed by atoms with Gasteiger partial charge in [-0.1, -0.05) is 0 Å². The van der Waals surface area contributed by atoms with Crippen LogP contribution >= 0.6 is 0 Å².